The van der Waals surface area contributed by atoms with Gasteiger partial charge in [0.1, 0.15) is 6.17 Å². The molecule has 0 bridgehead atoms. The maximum atomic E-state index is 13.6. The summed E-state index contributed by atoms with van der Waals surface area (Å²) in [4.78, 5) is 0. The normalized spacial score (nSPS) is 30.2. The van der Waals surface area contributed by atoms with E-state index in [-0.39, 0.29) is 31.2 Å². The van der Waals surface area contributed by atoms with E-state index in [1.54, 1.807) is 0 Å². The van der Waals surface area contributed by atoms with Gasteiger partial charge in [-0.25, -0.2) is 13.2 Å². The molecule has 1 aliphatic carbocycles. The largest absolute Gasteiger partial charge is 0.388 e. The first-order valence-corrected chi connectivity index (χ1v) is 6.00. The fourth-order valence-corrected chi connectivity index (χ4v) is 2.44. The summed E-state index contributed by atoms with van der Waals surface area (Å²) in [6.07, 6.45) is -0.242. The van der Waals surface area contributed by atoms with Crippen LogP contribution >= 0.6 is 0 Å². The molecule has 100 valence electrons. The quantitative estimate of drug-likeness (QED) is 0.857. The van der Waals surface area contributed by atoms with Crippen LogP contribution in [0.2, 0.25) is 0 Å². The molecular weight excluding hydrogens is 243 g/mol. The molecule has 0 spiro atoms. The van der Waals surface area contributed by atoms with Crippen LogP contribution in [0, 0.1) is 11.6 Å². The van der Waals surface area contributed by atoms with Gasteiger partial charge in [0.15, 0.2) is 11.6 Å². The van der Waals surface area contributed by atoms with Crippen molar-refractivity contribution in [1.82, 2.24) is 0 Å². The highest BCUT2D eigenvalue weighted by Gasteiger charge is 2.40. The van der Waals surface area contributed by atoms with E-state index < -0.39 is 29.4 Å². The van der Waals surface area contributed by atoms with Gasteiger partial charge >= 0.3 is 0 Å². The average Bonchev–Trinajstić information content (AvgIpc) is 2.36. The molecule has 3 N–H and O–H groups in total. The maximum absolute atomic E-state index is 13.6. The van der Waals surface area contributed by atoms with Gasteiger partial charge in [-0.2, -0.15) is 0 Å². The summed E-state index contributed by atoms with van der Waals surface area (Å²) in [6.45, 7) is 0. The zero-order valence-corrected chi connectivity index (χ0v) is 9.87. The number of benzene rings is 1. The molecule has 2 nitrogen and oxygen atoms in total. The van der Waals surface area contributed by atoms with Crippen molar-refractivity contribution < 1.29 is 18.3 Å². The number of rotatable bonds is 2. The van der Waals surface area contributed by atoms with Crippen LogP contribution in [0.1, 0.15) is 37.3 Å². The van der Waals surface area contributed by atoms with Crippen LogP contribution in [0.25, 0.3) is 0 Å². The minimum Gasteiger partial charge on any atom is -0.388 e. The summed E-state index contributed by atoms with van der Waals surface area (Å²) >= 11 is 0. The van der Waals surface area contributed by atoms with E-state index >= 15 is 0 Å². The number of halogens is 3. The standard InChI is InChI=1S/C13H16F3NO/c14-8-4-6-13(18,7-5-8)12(17)9-2-1-3-10(15)11(9)16/h1-3,8,12,18H,4-7,17H2. The Bertz CT molecular complexity index is 430. The Morgan fingerprint density at radius 3 is 2.50 bits per heavy atom. The number of nitrogens with two attached hydrogens (primary N) is 1. The zero-order chi connectivity index (χ0) is 13.3. The van der Waals surface area contributed by atoms with E-state index in [9.17, 15) is 18.3 Å². The van der Waals surface area contributed by atoms with Crippen LogP contribution in [0.3, 0.4) is 0 Å². The van der Waals surface area contributed by atoms with Gasteiger partial charge in [-0.05, 0) is 31.7 Å². The molecule has 1 fully saturated rings. The van der Waals surface area contributed by atoms with Crippen molar-refractivity contribution >= 4 is 0 Å². The third kappa shape index (κ3) is 2.37. The lowest BCUT2D eigenvalue weighted by Crippen LogP contribution is -2.45. The lowest BCUT2D eigenvalue weighted by atomic mass is 9.76. The van der Waals surface area contributed by atoms with Crippen molar-refractivity contribution in [3.8, 4) is 0 Å². The SMILES string of the molecule is NC(c1cccc(F)c1F)C1(O)CCC(F)CC1. The molecule has 0 radical (unpaired) electrons. The zero-order valence-electron chi connectivity index (χ0n) is 9.87. The molecule has 1 saturated carbocycles. The highest BCUT2D eigenvalue weighted by molar-refractivity contribution is 5.25. The first kappa shape index (κ1) is 13.4. The molecule has 1 aromatic rings. The van der Waals surface area contributed by atoms with Gasteiger partial charge in [-0.15, -0.1) is 0 Å². The van der Waals surface area contributed by atoms with Crippen LogP contribution in [0.4, 0.5) is 13.2 Å². The van der Waals surface area contributed by atoms with Crippen LogP contribution in [0.5, 0.6) is 0 Å². The molecule has 5 heteroatoms. The smallest absolute Gasteiger partial charge is 0.163 e. The van der Waals surface area contributed by atoms with Crippen molar-refractivity contribution in [2.45, 2.75) is 43.5 Å². The molecule has 18 heavy (non-hydrogen) atoms. The predicted octanol–water partition coefficient (Wildman–Crippen LogP) is 2.61. The molecule has 0 aliphatic heterocycles. The number of aliphatic hydroxyl groups is 1. The fraction of sp³-hybridized carbons (Fsp3) is 0.538. The predicted molar refractivity (Wildman–Crippen MR) is 61.6 cm³/mol. The minimum atomic E-state index is -1.36. The highest BCUT2D eigenvalue weighted by Crippen LogP contribution is 2.38. The summed E-state index contributed by atoms with van der Waals surface area (Å²) in [7, 11) is 0. The van der Waals surface area contributed by atoms with Crippen LogP contribution in [0.15, 0.2) is 18.2 Å². The topological polar surface area (TPSA) is 46.2 Å². The van der Waals surface area contributed by atoms with Gasteiger partial charge in [0.05, 0.1) is 11.6 Å². The molecule has 0 saturated heterocycles. The Balaban J connectivity index is 2.25. The Morgan fingerprint density at radius 2 is 1.89 bits per heavy atom. The number of hydrogen-bond donors (Lipinski definition) is 2. The Labute approximate surface area is 104 Å². The van der Waals surface area contributed by atoms with E-state index in [0.29, 0.717) is 0 Å². The van der Waals surface area contributed by atoms with Gasteiger partial charge in [-0.1, -0.05) is 12.1 Å². The van der Waals surface area contributed by atoms with Gasteiger partial charge in [0, 0.05) is 5.56 Å². The van der Waals surface area contributed by atoms with Crippen LogP contribution in [-0.2, 0) is 0 Å². The molecule has 1 aromatic carbocycles. The van der Waals surface area contributed by atoms with E-state index in [2.05, 4.69) is 0 Å². The monoisotopic (exact) mass is 259 g/mol. The van der Waals surface area contributed by atoms with E-state index in [1.807, 2.05) is 0 Å². The maximum Gasteiger partial charge on any atom is 0.163 e. The van der Waals surface area contributed by atoms with Crippen molar-refractivity contribution in [2.24, 2.45) is 5.73 Å². The van der Waals surface area contributed by atoms with E-state index in [1.165, 1.54) is 12.1 Å². The second kappa shape index (κ2) is 4.90. The molecule has 1 atom stereocenters. The summed E-state index contributed by atoms with van der Waals surface area (Å²) in [5, 5.41) is 10.3. The summed E-state index contributed by atoms with van der Waals surface area (Å²) in [5.74, 6) is -2.04. The molecule has 0 aromatic heterocycles. The molecule has 0 heterocycles. The van der Waals surface area contributed by atoms with Crippen molar-refractivity contribution in [3.05, 3.63) is 35.4 Å². The van der Waals surface area contributed by atoms with Crippen LogP contribution in [-0.4, -0.2) is 16.9 Å². The third-order valence-electron chi connectivity index (χ3n) is 3.68. The lowest BCUT2D eigenvalue weighted by molar-refractivity contribution is -0.0372. The fourth-order valence-electron chi connectivity index (χ4n) is 2.44. The van der Waals surface area contributed by atoms with Crippen LogP contribution < -0.4 is 5.73 Å². The van der Waals surface area contributed by atoms with Crippen molar-refractivity contribution in [2.75, 3.05) is 0 Å². The Hall–Kier alpha value is -1.07. The molecule has 0 amide bonds. The van der Waals surface area contributed by atoms with Gasteiger partial charge < -0.3 is 10.8 Å². The first-order chi connectivity index (χ1) is 8.44. The number of alkyl halides is 1. The Kier molecular flexibility index (Phi) is 3.64. The molecule has 1 unspecified atom stereocenters. The minimum absolute atomic E-state index is 0.0604. The number of hydrogen-bond acceptors (Lipinski definition) is 2. The van der Waals surface area contributed by atoms with E-state index in [0.717, 1.165) is 6.07 Å². The second-order valence-corrected chi connectivity index (χ2v) is 4.90. The van der Waals surface area contributed by atoms with Crippen molar-refractivity contribution in [3.63, 3.8) is 0 Å². The van der Waals surface area contributed by atoms with Gasteiger partial charge in [0.25, 0.3) is 0 Å². The van der Waals surface area contributed by atoms with E-state index in [4.69, 9.17) is 5.73 Å². The summed E-state index contributed by atoms with van der Waals surface area (Å²) < 4.78 is 39.8. The summed E-state index contributed by atoms with van der Waals surface area (Å²) in [6, 6.07) is 2.65. The molecular formula is C13H16F3NO. The average molecular weight is 259 g/mol. The van der Waals surface area contributed by atoms with Crippen molar-refractivity contribution in [1.29, 1.82) is 0 Å². The summed E-state index contributed by atoms with van der Waals surface area (Å²) in [5.41, 5.74) is 4.42. The molecule has 1 aliphatic rings. The third-order valence-corrected chi connectivity index (χ3v) is 3.68. The van der Waals surface area contributed by atoms with Gasteiger partial charge in [0.2, 0.25) is 0 Å². The molecule has 2 rings (SSSR count). The van der Waals surface area contributed by atoms with Gasteiger partial charge in [-0.3, -0.25) is 0 Å². The Morgan fingerprint density at radius 1 is 1.28 bits per heavy atom. The first-order valence-electron chi connectivity index (χ1n) is 6.00. The highest BCUT2D eigenvalue weighted by atomic mass is 19.2. The second-order valence-electron chi connectivity index (χ2n) is 4.90. The lowest BCUT2D eigenvalue weighted by Gasteiger charge is -2.38.